The van der Waals surface area contributed by atoms with Crippen molar-refractivity contribution >= 4 is 9.84 Å². The van der Waals surface area contributed by atoms with Crippen molar-refractivity contribution < 1.29 is 13.2 Å². The third-order valence-corrected chi connectivity index (χ3v) is 5.19. The van der Waals surface area contributed by atoms with Crippen molar-refractivity contribution in [3.8, 4) is 5.75 Å². The molecule has 0 amide bonds. The fourth-order valence-electron chi connectivity index (χ4n) is 1.74. The van der Waals surface area contributed by atoms with Gasteiger partial charge in [-0.3, -0.25) is 0 Å². The summed E-state index contributed by atoms with van der Waals surface area (Å²) in [6, 6.07) is 16.4. The number of hydrogen-bond donors (Lipinski definition) is 0. The van der Waals surface area contributed by atoms with Crippen LogP contribution >= 0.6 is 0 Å². The predicted molar refractivity (Wildman–Crippen MR) is 79.5 cm³/mol. The van der Waals surface area contributed by atoms with Crippen LogP contribution in [0, 0.1) is 0 Å². The Balaban J connectivity index is 2.06. The largest absolute Gasteiger partial charge is 0.489 e. The Morgan fingerprint density at radius 2 is 1.55 bits per heavy atom. The van der Waals surface area contributed by atoms with Gasteiger partial charge in [-0.25, -0.2) is 8.42 Å². The summed E-state index contributed by atoms with van der Waals surface area (Å²) < 4.78 is 29.6. The molecule has 0 aromatic heterocycles. The molecule has 2 aromatic carbocycles. The summed E-state index contributed by atoms with van der Waals surface area (Å²) in [5, 5.41) is -0.418. The molecule has 4 heteroatoms. The van der Waals surface area contributed by atoms with E-state index < -0.39 is 15.1 Å². The minimum atomic E-state index is -3.22. The second-order valence-corrected chi connectivity index (χ2v) is 7.34. The lowest BCUT2D eigenvalue weighted by Gasteiger charge is -2.09. The first-order valence-electron chi connectivity index (χ1n) is 6.51. The van der Waals surface area contributed by atoms with E-state index in [-0.39, 0.29) is 0 Å². The molecule has 0 radical (unpaired) electrons. The highest BCUT2D eigenvalue weighted by Gasteiger charge is 2.18. The maximum Gasteiger partial charge on any atom is 0.180 e. The third kappa shape index (κ3) is 3.39. The van der Waals surface area contributed by atoms with E-state index in [4.69, 9.17) is 4.74 Å². The van der Waals surface area contributed by atoms with Gasteiger partial charge in [-0.05, 0) is 43.7 Å². The zero-order chi connectivity index (χ0) is 14.6. The van der Waals surface area contributed by atoms with Crippen molar-refractivity contribution in [1.82, 2.24) is 0 Å². The zero-order valence-electron chi connectivity index (χ0n) is 11.6. The molecule has 2 aromatic rings. The summed E-state index contributed by atoms with van der Waals surface area (Å²) in [4.78, 5) is 0.333. The summed E-state index contributed by atoms with van der Waals surface area (Å²) in [5.41, 5.74) is 1.08. The minimum absolute atomic E-state index is 0.333. The van der Waals surface area contributed by atoms with Crippen molar-refractivity contribution in [2.45, 2.75) is 30.6 Å². The van der Waals surface area contributed by atoms with Crippen LogP contribution in [0.3, 0.4) is 0 Å². The number of sulfone groups is 1. The van der Waals surface area contributed by atoms with Gasteiger partial charge in [0.05, 0.1) is 10.1 Å². The van der Waals surface area contributed by atoms with Gasteiger partial charge in [0.1, 0.15) is 12.4 Å². The van der Waals surface area contributed by atoms with Gasteiger partial charge in [0.2, 0.25) is 0 Å². The van der Waals surface area contributed by atoms with Crippen LogP contribution in [0.2, 0.25) is 0 Å². The van der Waals surface area contributed by atoms with Crippen molar-refractivity contribution in [2.75, 3.05) is 0 Å². The van der Waals surface area contributed by atoms with E-state index in [9.17, 15) is 8.42 Å². The molecule has 0 aliphatic heterocycles. The van der Waals surface area contributed by atoms with Crippen LogP contribution in [0.5, 0.6) is 5.75 Å². The lowest BCUT2D eigenvalue weighted by molar-refractivity contribution is 0.306. The molecule has 3 nitrogen and oxygen atoms in total. The first-order chi connectivity index (χ1) is 9.50. The Hall–Kier alpha value is -1.81. The molecule has 106 valence electrons. The quantitative estimate of drug-likeness (QED) is 0.847. The van der Waals surface area contributed by atoms with E-state index in [1.54, 1.807) is 38.1 Å². The van der Waals surface area contributed by atoms with Crippen LogP contribution in [0.4, 0.5) is 0 Å². The third-order valence-electron chi connectivity index (χ3n) is 3.02. The van der Waals surface area contributed by atoms with Crippen LogP contribution in [0.25, 0.3) is 0 Å². The van der Waals surface area contributed by atoms with Crippen LogP contribution < -0.4 is 4.74 Å². The van der Waals surface area contributed by atoms with Crippen molar-refractivity contribution in [2.24, 2.45) is 0 Å². The molecule has 0 spiro atoms. The average molecular weight is 290 g/mol. The van der Waals surface area contributed by atoms with Crippen molar-refractivity contribution in [3.63, 3.8) is 0 Å². The highest BCUT2D eigenvalue weighted by atomic mass is 32.2. The molecule has 0 saturated carbocycles. The van der Waals surface area contributed by atoms with Crippen molar-refractivity contribution in [3.05, 3.63) is 60.2 Å². The van der Waals surface area contributed by atoms with Crippen LogP contribution in [0.1, 0.15) is 19.4 Å². The molecule has 0 fully saturated rings. The second-order valence-electron chi connectivity index (χ2n) is 4.84. The Labute approximate surface area is 120 Å². The molecule has 0 unspecified atom stereocenters. The summed E-state index contributed by atoms with van der Waals surface area (Å²) >= 11 is 0. The lowest BCUT2D eigenvalue weighted by Crippen LogP contribution is -2.13. The maximum atomic E-state index is 12.0. The Bertz CT molecular complexity index is 644. The number of ether oxygens (including phenoxy) is 1. The normalized spacial score (nSPS) is 11.6. The Morgan fingerprint density at radius 3 is 2.10 bits per heavy atom. The fraction of sp³-hybridized carbons (Fsp3) is 0.250. The first-order valence-corrected chi connectivity index (χ1v) is 8.05. The van der Waals surface area contributed by atoms with Gasteiger partial charge in [0, 0.05) is 0 Å². The van der Waals surface area contributed by atoms with E-state index >= 15 is 0 Å². The summed E-state index contributed by atoms with van der Waals surface area (Å²) in [6.45, 7) is 3.82. The van der Waals surface area contributed by atoms with E-state index in [2.05, 4.69) is 0 Å². The monoisotopic (exact) mass is 290 g/mol. The van der Waals surface area contributed by atoms with Gasteiger partial charge in [0.25, 0.3) is 0 Å². The standard InChI is InChI=1S/C16H18O3S/c1-13(2)20(17,18)16-10-8-15(9-11-16)19-12-14-6-4-3-5-7-14/h3-11,13H,12H2,1-2H3. The topological polar surface area (TPSA) is 43.4 Å². The van der Waals surface area contributed by atoms with Gasteiger partial charge in [-0.15, -0.1) is 0 Å². The second kappa shape index (κ2) is 6.09. The van der Waals surface area contributed by atoms with Gasteiger partial charge in [0.15, 0.2) is 9.84 Å². The van der Waals surface area contributed by atoms with Gasteiger partial charge >= 0.3 is 0 Å². The Kier molecular flexibility index (Phi) is 4.45. The van der Waals surface area contributed by atoms with E-state index in [0.29, 0.717) is 17.3 Å². The molecule has 0 heterocycles. The minimum Gasteiger partial charge on any atom is -0.489 e. The smallest absolute Gasteiger partial charge is 0.180 e. The molecule has 0 N–H and O–H groups in total. The molecule has 20 heavy (non-hydrogen) atoms. The first kappa shape index (κ1) is 14.6. The molecular formula is C16H18O3S. The molecule has 0 bridgehead atoms. The lowest BCUT2D eigenvalue weighted by atomic mass is 10.2. The molecule has 0 atom stereocenters. The molecular weight excluding hydrogens is 272 g/mol. The summed E-state index contributed by atoms with van der Waals surface area (Å²) in [5.74, 6) is 0.663. The van der Waals surface area contributed by atoms with E-state index in [1.165, 1.54) is 0 Å². The summed E-state index contributed by atoms with van der Waals surface area (Å²) in [6.07, 6.45) is 0. The average Bonchev–Trinajstić information content (AvgIpc) is 2.46. The highest BCUT2D eigenvalue weighted by Crippen LogP contribution is 2.20. The van der Waals surface area contributed by atoms with E-state index in [0.717, 1.165) is 5.56 Å². The van der Waals surface area contributed by atoms with Gasteiger partial charge in [-0.2, -0.15) is 0 Å². The van der Waals surface area contributed by atoms with Crippen LogP contribution in [-0.4, -0.2) is 13.7 Å². The maximum absolute atomic E-state index is 12.0. The number of benzene rings is 2. The van der Waals surface area contributed by atoms with Crippen molar-refractivity contribution in [1.29, 1.82) is 0 Å². The SMILES string of the molecule is CC(C)S(=O)(=O)c1ccc(OCc2ccccc2)cc1. The fourth-order valence-corrected chi connectivity index (χ4v) is 2.80. The van der Waals surface area contributed by atoms with E-state index in [1.807, 2.05) is 30.3 Å². The molecule has 2 rings (SSSR count). The zero-order valence-corrected chi connectivity index (χ0v) is 12.4. The Morgan fingerprint density at radius 1 is 0.950 bits per heavy atom. The van der Waals surface area contributed by atoms with Crippen LogP contribution in [-0.2, 0) is 16.4 Å². The van der Waals surface area contributed by atoms with Gasteiger partial charge < -0.3 is 4.74 Å². The molecule has 0 saturated heterocycles. The van der Waals surface area contributed by atoms with Gasteiger partial charge in [-0.1, -0.05) is 30.3 Å². The predicted octanol–water partition coefficient (Wildman–Crippen LogP) is 3.45. The van der Waals surface area contributed by atoms with Crippen LogP contribution in [0.15, 0.2) is 59.5 Å². The molecule has 0 aliphatic carbocycles. The number of rotatable bonds is 5. The number of hydrogen-bond acceptors (Lipinski definition) is 3. The molecule has 0 aliphatic rings. The highest BCUT2D eigenvalue weighted by molar-refractivity contribution is 7.92. The summed E-state index contributed by atoms with van der Waals surface area (Å²) in [7, 11) is -3.22.